The number of rotatable bonds is 1. The van der Waals surface area contributed by atoms with Gasteiger partial charge in [-0.25, -0.2) is 0 Å². The highest BCUT2D eigenvalue weighted by Crippen LogP contribution is 2.07. The Hall–Kier alpha value is -1.91. The molecule has 2 heterocycles. The number of carbonyl (C=O) groups excluding carboxylic acids is 2. The normalized spacial score (nSPS) is 16.4. The fraction of sp³-hybridized carbons (Fsp3) is 0.364. The molecule has 1 saturated heterocycles. The largest absolute Gasteiger partial charge is 0.342 e. The van der Waals surface area contributed by atoms with Crippen molar-refractivity contribution < 1.29 is 9.59 Å². The average Bonchev–Trinajstić information content (AvgIpc) is 2.33. The lowest BCUT2D eigenvalue weighted by molar-refractivity contribution is -0.133. The molecule has 1 radical (unpaired) electrons. The highest BCUT2D eigenvalue weighted by atomic mass is 16.2. The minimum atomic E-state index is -0.150. The van der Waals surface area contributed by atoms with Crippen molar-refractivity contribution in [2.45, 2.75) is 0 Å². The molecule has 5 nitrogen and oxygen atoms in total. The van der Waals surface area contributed by atoms with Gasteiger partial charge in [0.05, 0.1) is 11.8 Å². The lowest BCUT2D eigenvalue weighted by Gasteiger charge is -2.31. The van der Waals surface area contributed by atoms with Crippen molar-refractivity contribution in [3.8, 4) is 0 Å². The van der Waals surface area contributed by atoms with Gasteiger partial charge in [0.15, 0.2) is 0 Å². The third-order valence-corrected chi connectivity index (χ3v) is 2.61. The molecule has 1 aromatic rings. The number of aromatic nitrogens is 1. The Kier molecular flexibility index (Phi) is 2.85. The molecule has 2 rings (SSSR count). The van der Waals surface area contributed by atoms with Gasteiger partial charge in [-0.1, -0.05) is 0 Å². The molecular weight excluding hydrogens is 206 g/mol. The Morgan fingerprint density at radius 2 is 2.31 bits per heavy atom. The van der Waals surface area contributed by atoms with Crippen LogP contribution < -0.4 is 0 Å². The molecular formula is C11H12N3O2. The molecule has 83 valence electrons. The van der Waals surface area contributed by atoms with Crippen LogP contribution in [0.3, 0.4) is 0 Å². The number of hydrogen-bond donors (Lipinski definition) is 0. The maximum absolute atomic E-state index is 12.0. The second kappa shape index (κ2) is 4.30. The van der Waals surface area contributed by atoms with E-state index in [4.69, 9.17) is 0 Å². The van der Waals surface area contributed by atoms with E-state index >= 15 is 0 Å². The molecule has 1 aliphatic rings. The van der Waals surface area contributed by atoms with E-state index < -0.39 is 0 Å². The summed E-state index contributed by atoms with van der Waals surface area (Å²) in [6.07, 6.45) is 4.07. The second-order valence-electron chi connectivity index (χ2n) is 3.72. The van der Waals surface area contributed by atoms with Crippen LogP contribution in [0.25, 0.3) is 0 Å². The summed E-state index contributed by atoms with van der Waals surface area (Å²) in [5, 5.41) is 0. The SMILES string of the molecule is CN1CCN(C(=O)c2cc[c]nc2)CC1=O. The predicted octanol–water partition coefficient (Wildman–Crippen LogP) is -0.204. The van der Waals surface area contributed by atoms with Crippen LogP contribution >= 0.6 is 0 Å². The van der Waals surface area contributed by atoms with E-state index in [1.807, 2.05) is 0 Å². The standard InChI is InChI=1S/C11H12N3O2/c1-13-5-6-14(8-10(13)15)11(16)9-3-2-4-12-7-9/h2-3,7H,5-6,8H2,1H3. The minimum Gasteiger partial charge on any atom is -0.342 e. The molecule has 1 aliphatic heterocycles. The molecule has 16 heavy (non-hydrogen) atoms. The van der Waals surface area contributed by atoms with Crippen molar-refractivity contribution in [2.24, 2.45) is 0 Å². The number of likely N-dealkylation sites (N-methyl/N-ethyl adjacent to an activating group) is 1. The van der Waals surface area contributed by atoms with Gasteiger partial charge < -0.3 is 9.80 Å². The highest BCUT2D eigenvalue weighted by Gasteiger charge is 2.25. The van der Waals surface area contributed by atoms with E-state index in [0.717, 1.165) is 0 Å². The van der Waals surface area contributed by atoms with Crippen LogP contribution in [0, 0.1) is 6.20 Å². The Morgan fingerprint density at radius 1 is 1.50 bits per heavy atom. The number of amides is 2. The summed E-state index contributed by atoms with van der Waals surface area (Å²) in [6, 6.07) is 3.24. The van der Waals surface area contributed by atoms with Gasteiger partial charge in [-0.2, -0.15) is 0 Å². The first kappa shape index (κ1) is 10.6. The molecule has 5 heteroatoms. The second-order valence-corrected chi connectivity index (χ2v) is 3.72. The van der Waals surface area contributed by atoms with E-state index in [-0.39, 0.29) is 18.4 Å². The fourth-order valence-corrected chi connectivity index (χ4v) is 1.56. The van der Waals surface area contributed by atoms with Gasteiger partial charge in [-0.15, -0.1) is 0 Å². The smallest absolute Gasteiger partial charge is 0.255 e. The first-order valence-electron chi connectivity index (χ1n) is 5.04. The van der Waals surface area contributed by atoms with Crippen molar-refractivity contribution in [1.82, 2.24) is 14.8 Å². The Labute approximate surface area is 93.7 Å². The topological polar surface area (TPSA) is 53.5 Å². The zero-order valence-corrected chi connectivity index (χ0v) is 9.01. The van der Waals surface area contributed by atoms with Crippen molar-refractivity contribution >= 4 is 11.8 Å². The lowest BCUT2D eigenvalue weighted by Crippen LogP contribution is -2.50. The zero-order valence-electron chi connectivity index (χ0n) is 9.01. The van der Waals surface area contributed by atoms with E-state index in [1.54, 1.807) is 29.0 Å². The summed E-state index contributed by atoms with van der Waals surface area (Å²) >= 11 is 0. The average molecular weight is 218 g/mol. The van der Waals surface area contributed by atoms with Gasteiger partial charge in [0.1, 0.15) is 6.54 Å². The monoisotopic (exact) mass is 218 g/mol. The third-order valence-electron chi connectivity index (χ3n) is 2.61. The maximum atomic E-state index is 12.0. The molecule has 1 fully saturated rings. The highest BCUT2D eigenvalue weighted by molar-refractivity contribution is 5.96. The first-order chi connectivity index (χ1) is 7.68. The molecule has 1 aromatic heterocycles. The summed E-state index contributed by atoms with van der Waals surface area (Å²) < 4.78 is 0. The van der Waals surface area contributed by atoms with E-state index in [1.165, 1.54) is 6.20 Å². The van der Waals surface area contributed by atoms with Crippen LogP contribution in [0.15, 0.2) is 18.3 Å². The predicted molar refractivity (Wildman–Crippen MR) is 56.6 cm³/mol. The molecule has 2 amide bonds. The number of pyridine rings is 1. The van der Waals surface area contributed by atoms with Crippen molar-refractivity contribution in [1.29, 1.82) is 0 Å². The van der Waals surface area contributed by atoms with Crippen LogP contribution in [0.2, 0.25) is 0 Å². The Balaban J connectivity index is 2.09. The van der Waals surface area contributed by atoms with Gasteiger partial charge in [0.25, 0.3) is 5.91 Å². The van der Waals surface area contributed by atoms with Gasteiger partial charge >= 0.3 is 0 Å². The maximum Gasteiger partial charge on any atom is 0.255 e. The van der Waals surface area contributed by atoms with Crippen LogP contribution in [-0.2, 0) is 4.79 Å². The summed E-state index contributed by atoms with van der Waals surface area (Å²) in [5.74, 6) is -0.182. The third kappa shape index (κ3) is 2.03. The number of piperazine rings is 1. The van der Waals surface area contributed by atoms with E-state index in [9.17, 15) is 9.59 Å². The number of nitrogens with zero attached hydrogens (tertiary/aromatic N) is 3. The van der Waals surface area contributed by atoms with Gasteiger partial charge in [0, 0.05) is 26.3 Å². The summed E-state index contributed by atoms with van der Waals surface area (Å²) in [5.41, 5.74) is 0.496. The summed E-state index contributed by atoms with van der Waals surface area (Å²) in [6.45, 7) is 1.30. The molecule has 0 atom stereocenters. The summed E-state index contributed by atoms with van der Waals surface area (Å²) in [4.78, 5) is 30.3. The summed E-state index contributed by atoms with van der Waals surface area (Å²) in [7, 11) is 1.74. The Bertz CT molecular complexity index is 405. The molecule has 0 saturated carbocycles. The quantitative estimate of drug-likeness (QED) is 0.655. The van der Waals surface area contributed by atoms with Crippen LogP contribution in [0.5, 0.6) is 0 Å². The van der Waals surface area contributed by atoms with E-state index in [0.29, 0.717) is 18.7 Å². The van der Waals surface area contributed by atoms with Crippen LogP contribution in [-0.4, -0.2) is 53.3 Å². The minimum absolute atomic E-state index is 0.0324. The molecule has 0 N–H and O–H groups in total. The van der Waals surface area contributed by atoms with Crippen molar-refractivity contribution in [2.75, 3.05) is 26.7 Å². The van der Waals surface area contributed by atoms with Gasteiger partial charge in [0.2, 0.25) is 5.91 Å². The van der Waals surface area contributed by atoms with Crippen molar-refractivity contribution in [3.05, 3.63) is 30.1 Å². The molecule has 0 aromatic carbocycles. The molecule has 0 aliphatic carbocycles. The van der Waals surface area contributed by atoms with Crippen LogP contribution in [0.1, 0.15) is 10.4 Å². The number of hydrogen-bond acceptors (Lipinski definition) is 3. The molecule has 0 unspecified atom stereocenters. The van der Waals surface area contributed by atoms with Gasteiger partial charge in [-0.05, 0) is 12.1 Å². The molecule has 0 bridgehead atoms. The zero-order chi connectivity index (χ0) is 11.5. The lowest BCUT2D eigenvalue weighted by atomic mass is 10.2. The van der Waals surface area contributed by atoms with Gasteiger partial charge in [-0.3, -0.25) is 14.6 Å². The van der Waals surface area contributed by atoms with Crippen LogP contribution in [0.4, 0.5) is 0 Å². The fourth-order valence-electron chi connectivity index (χ4n) is 1.56. The van der Waals surface area contributed by atoms with Crippen molar-refractivity contribution in [3.63, 3.8) is 0 Å². The molecule has 0 spiro atoms. The first-order valence-corrected chi connectivity index (χ1v) is 5.04. The van der Waals surface area contributed by atoms with E-state index in [2.05, 4.69) is 11.2 Å². The number of carbonyl (C=O) groups is 2. The Morgan fingerprint density at radius 3 is 2.94 bits per heavy atom.